The molecule has 3 aliphatic rings. The van der Waals surface area contributed by atoms with Gasteiger partial charge in [-0.3, -0.25) is 9.69 Å². The average molecular weight is 265 g/mol. The van der Waals surface area contributed by atoms with Crippen LogP contribution in [0.3, 0.4) is 0 Å². The molecule has 19 heavy (non-hydrogen) atoms. The molecule has 0 aliphatic carbocycles. The molecule has 108 valence electrons. The van der Waals surface area contributed by atoms with Gasteiger partial charge in [-0.05, 0) is 44.1 Å². The molecule has 1 N–H and O–H groups in total. The first-order chi connectivity index (χ1) is 9.22. The Kier molecular flexibility index (Phi) is 4.08. The van der Waals surface area contributed by atoms with Crippen molar-refractivity contribution < 1.29 is 4.79 Å². The van der Waals surface area contributed by atoms with E-state index in [1.807, 2.05) is 0 Å². The van der Waals surface area contributed by atoms with Crippen molar-refractivity contribution in [3.05, 3.63) is 0 Å². The van der Waals surface area contributed by atoms with E-state index in [4.69, 9.17) is 0 Å². The zero-order valence-electron chi connectivity index (χ0n) is 12.1. The fourth-order valence-corrected chi connectivity index (χ4v) is 3.81. The highest BCUT2D eigenvalue weighted by molar-refractivity contribution is 5.78. The van der Waals surface area contributed by atoms with Crippen LogP contribution in [0.15, 0.2) is 0 Å². The van der Waals surface area contributed by atoms with Crippen molar-refractivity contribution in [2.75, 3.05) is 39.3 Å². The number of fused-ring (bicyclic) bond motifs is 1. The lowest BCUT2D eigenvalue weighted by Crippen LogP contribution is -2.44. The normalized spacial score (nSPS) is 33.4. The smallest absolute Gasteiger partial charge is 0.236 e. The van der Waals surface area contributed by atoms with Crippen LogP contribution < -0.4 is 5.32 Å². The predicted molar refractivity (Wildman–Crippen MR) is 75.9 cm³/mol. The molecule has 2 unspecified atom stereocenters. The van der Waals surface area contributed by atoms with Crippen molar-refractivity contribution in [1.82, 2.24) is 15.1 Å². The summed E-state index contributed by atoms with van der Waals surface area (Å²) in [7, 11) is 0. The molecular formula is C15H27N3O. The molecule has 3 heterocycles. The van der Waals surface area contributed by atoms with Crippen molar-refractivity contribution in [1.29, 1.82) is 0 Å². The Labute approximate surface area is 116 Å². The predicted octanol–water partition coefficient (Wildman–Crippen LogP) is 0.929. The van der Waals surface area contributed by atoms with Crippen LogP contribution in [0.4, 0.5) is 0 Å². The summed E-state index contributed by atoms with van der Waals surface area (Å²) in [6, 6.07) is 0.642. The van der Waals surface area contributed by atoms with E-state index < -0.39 is 0 Å². The molecule has 0 aromatic carbocycles. The van der Waals surface area contributed by atoms with Gasteiger partial charge in [0.2, 0.25) is 5.91 Å². The zero-order valence-corrected chi connectivity index (χ0v) is 12.1. The standard InChI is InChI=1S/C15H27N3O/c1-12-4-7-18(8-5-12)15(19)11-17-9-13-3-2-6-16-14(13)10-17/h12-14,16H,2-11H2,1H3. The second-order valence-corrected chi connectivity index (χ2v) is 6.72. The van der Waals surface area contributed by atoms with Gasteiger partial charge in [-0.25, -0.2) is 0 Å². The summed E-state index contributed by atoms with van der Waals surface area (Å²) in [5, 5.41) is 3.60. The molecule has 3 fully saturated rings. The lowest BCUT2D eigenvalue weighted by atomic mass is 9.94. The van der Waals surface area contributed by atoms with E-state index in [9.17, 15) is 4.79 Å². The van der Waals surface area contributed by atoms with Crippen molar-refractivity contribution in [2.24, 2.45) is 11.8 Å². The second kappa shape index (κ2) is 5.80. The largest absolute Gasteiger partial charge is 0.342 e. The summed E-state index contributed by atoms with van der Waals surface area (Å²) in [6.45, 7) is 8.22. The summed E-state index contributed by atoms with van der Waals surface area (Å²) in [5.74, 6) is 1.93. The van der Waals surface area contributed by atoms with Crippen molar-refractivity contribution in [3.63, 3.8) is 0 Å². The van der Waals surface area contributed by atoms with Crippen LogP contribution in [0.25, 0.3) is 0 Å². The highest BCUT2D eigenvalue weighted by Gasteiger charge is 2.35. The number of rotatable bonds is 2. The molecule has 3 saturated heterocycles. The first-order valence-electron chi connectivity index (χ1n) is 7.96. The summed E-state index contributed by atoms with van der Waals surface area (Å²) < 4.78 is 0. The van der Waals surface area contributed by atoms with Gasteiger partial charge in [0.1, 0.15) is 0 Å². The van der Waals surface area contributed by atoms with E-state index in [2.05, 4.69) is 22.0 Å². The molecule has 0 spiro atoms. The number of nitrogens with zero attached hydrogens (tertiary/aromatic N) is 2. The first-order valence-corrected chi connectivity index (χ1v) is 7.96. The first kappa shape index (κ1) is 13.4. The van der Waals surface area contributed by atoms with E-state index in [-0.39, 0.29) is 0 Å². The minimum atomic E-state index is 0.352. The zero-order chi connectivity index (χ0) is 13.2. The lowest BCUT2D eigenvalue weighted by molar-refractivity contribution is -0.133. The van der Waals surface area contributed by atoms with Gasteiger partial charge >= 0.3 is 0 Å². The summed E-state index contributed by atoms with van der Waals surface area (Å²) >= 11 is 0. The molecule has 0 radical (unpaired) electrons. The second-order valence-electron chi connectivity index (χ2n) is 6.72. The van der Waals surface area contributed by atoms with E-state index in [1.165, 1.54) is 25.7 Å². The fourth-order valence-electron chi connectivity index (χ4n) is 3.81. The van der Waals surface area contributed by atoms with E-state index in [0.717, 1.165) is 44.6 Å². The molecule has 0 saturated carbocycles. The van der Waals surface area contributed by atoms with Crippen LogP contribution in [0.5, 0.6) is 0 Å². The highest BCUT2D eigenvalue weighted by Crippen LogP contribution is 2.25. The minimum Gasteiger partial charge on any atom is -0.342 e. The number of likely N-dealkylation sites (tertiary alicyclic amines) is 2. The molecule has 4 heteroatoms. The van der Waals surface area contributed by atoms with Gasteiger partial charge < -0.3 is 10.2 Å². The number of carbonyl (C=O) groups excluding carboxylic acids is 1. The number of carbonyl (C=O) groups is 1. The molecule has 1 amide bonds. The van der Waals surface area contributed by atoms with E-state index >= 15 is 0 Å². The van der Waals surface area contributed by atoms with Gasteiger partial charge in [0.25, 0.3) is 0 Å². The molecule has 0 bridgehead atoms. The van der Waals surface area contributed by atoms with Crippen LogP contribution >= 0.6 is 0 Å². The third-order valence-electron chi connectivity index (χ3n) is 5.17. The van der Waals surface area contributed by atoms with Gasteiger partial charge in [0, 0.05) is 32.2 Å². The third kappa shape index (κ3) is 3.11. The Morgan fingerprint density at radius 3 is 2.74 bits per heavy atom. The quantitative estimate of drug-likeness (QED) is 0.807. The molecule has 4 nitrogen and oxygen atoms in total. The fraction of sp³-hybridized carbons (Fsp3) is 0.933. The molecule has 3 rings (SSSR count). The van der Waals surface area contributed by atoms with E-state index in [1.54, 1.807) is 0 Å². The molecule has 0 aromatic heterocycles. The Hall–Kier alpha value is -0.610. The minimum absolute atomic E-state index is 0.352. The Bertz CT molecular complexity index is 311. The molecule has 2 atom stereocenters. The van der Waals surface area contributed by atoms with Crippen molar-refractivity contribution >= 4 is 5.91 Å². The average Bonchev–Trinajstić information content (AvgIpc) is 2.81. The number of hydrogen-bond donors (Lipinski definition) is 1. The van der Waals surface area contributed by atoms with Crippen molar-refractivity contribution in [3.8, 4) is 0 Å². The highest BCUT2D eigenvalue weighted by atomic mass is 16.2. The maximum absolute atomic E-state index is 12.3. The number of amides is 1. The monoisotopic (exact) mass is 265 g/mol. The summed E-state index contributed by atoms with van der Waals surface area (Å²) in [6.07, 6.45) is 4.99. The third-order valence-corrected chi connectivity index (χ3v) is 5.17. The van der Waals surface area contributed by atoms with Crippen LogP contribution in [0.2, 0.25) is 0 Å². The van der Waals surface area contributed by atoms with Crippen LogP contribution in [-0.2, 0) is 4.79 Å². The Balaban J connectivity index is 1.47. The van der Waals surface area contributed by atoms with Crippen LogP contribution in [-0.4, -0.2) is 61.0 Å². The van der Waals surface area contributed by atoms with Crippen LogP contribution in [0.1, 0.15) is 32.6 Å². The number of nitrogens with one attached hydrogen (secondary N) is 1. The SMILES string of the molecule is CC1CCN(C(=O)CN2CC3CCCNC3C2)CC1. The lowest BCUT2D eigenvalue weighted by Gasteiger charge is -2.31. The molecule has 0 aromatic rings. The number of piperidine rings is 2. The maximum atomic E-state index is 12.3. The molecular weight excluding hydrogens is 238 g/mol. The van der Waals surface area contributed by atoms with Gasteiger partial charge in [-0.2, -0.15) is 0 Å². The van der Waals surface area contributed by atoms with E-state index in [0.29, 0.717) is 18.5 Å². The van der Waals surface area contributed by atoms with Gasteiger partial charge in [-0.15, -0.1) is 0 Å². The molecule has 3 aliphatic heterocycles. The topological polar surface area (TPSA) is 35.6 Å². The van der Waals surface area contributed by atoms with Gasteiger partial charge in [0.05, 0.1) is 6.54 Å². The Morgan fingerprint density at radius 1 is 1.21 bits per heavy atom. The number of hydrogen-bond acceptors (Lipinski definition) is 3. The van der Waals surface area contributed by atoms with Gasteiger partial charge in [-0.1, -0.05) is 6.92 Å². The summed E-state index contributed by atoms with van der Waals surface area (Å²) in [4.78, 5) is 16.8. The van der Waals surface area contributed by atoms with Gasteiger partial charge in [0.15, 0.2) is 0 Å². The Morgan fingerprint density at radius 2 is 2.00 bits per heavy atom. The van der Waals surface area contributed by atoms with Crippen LogP contribution in [0, 0.1) is 11.8 Å². The van der Waals surface area contributed by atoms with Crippen molar-refractivity contribution in [2.45, 2.75) is 38.6 Å². The maximum Gasteiger partial charge on any atom is 0.236 e. The summed E-state index contributed by atoms with van der Waals surface area (Å²) in [5.41, 5.74) is 0.